The van der Waals surface area contributed by atoms with Gasteiger partial charge in [-0.3, -0.25) is 37.3 Å². The molecule has 0 aromatic heterocycles. The van der Waals surface area contributed by atoms with Crippen LogP contribution in [0.25, 0.3) is 0 Å². The normalized spacial score (nSPS) is 14.2. The summed E-state index contributed by atoms with van der Waals surface area (Å²) in [7, 11) is -9.91. The second kappa shape index (κ2) is 66.8. The van der Waals surface area contributed by atoms with Gasteiger partial charge in [0.1, 0.15) is 19.3 Å². The van der Waals surface area contributed by atoms with Crippen LogP contribution >= 0.6 is 15.6 Å². The first-order chi connectivity index (χ1) is 45.0. The molecule has 0 amide bonds. The minimum absolute atomic E-state index is 0.0997. The van der Waals surface area contributed by atoms with Crippen LogP contribution in [-0.4, -0.2) is 96.7 Å². The van der Waals surface area contributed by atoms with Crippen molar-refractivity contribution in [2.45, 2.75) is 380 Å². The summed E-state index contributed by atoms with van der Waals surface area (Å²) < 4.78 is 68.2. The van der Waals surface area contributed by atoms with E-state index < -0.39 is 97.5 Å². The van der Waals surface area contributed by atoms with Crippen molar-refractivity contribution in [2.75, 3.05) is 39.6 Å². The fourth-order valence-corrected chi connectivity index (χ4v) is 12.4. The first kappa shape index (κ1) is 90.5. The highest BCUT2D eigenvalue weighted by Gasteiger charge is 2.30. The molecule has 0 radical (unpaired) electrons. The third-order valence-electron chi connectivity index (χ3n) is 16.7. The lowest BCUT2D eigenvalue weighted by atomic mass is 10.0. The lowest BCUT2D eigenvalue weighted by Crippen LogP contribution is -2.30. The van der Waals surface area contributed by atoms with Gasteiger partial charge in [-0.2, -0.15) is 0 Å². The molecule has 0 bridgehead atoms. The molecule has 3 N–H and O–H groups in total. The Morgan fingerprint density at radius 1 is 0.333 bits per heavy atom. The molecule has 0 saturated heterocycles. The summed E-state index contributed by atoms with van der Waals surface area (Å²) in [5.74, 6) is -1.49. The summed E-state index contributed by atoms with van der Waals surface area (Å²) in [6.07, 6.45) is 58.3. The van der Waals surface area contributed by atoms with E-state index in [1.807, 2.05) is 0 Å². The molecule has 0 fully saturated rings. The lowest BCUT2D eigenvalue weighted by Gasteiger charge is -2.21. The molecular formula is C74H140O17P2. The van der Waals surface area contributed by atoms with Crippen LogP contribution in [0.1, 0.15) is 362 Å². The van der Waals surface area contributed by atoms with E-state index >= 15 is 0 Å². The number of unbranched alkanes of at least 4 members (excludes halogenated alkanes) is 41. The average molecular weight is 1360 g/mol. The zero-order valence-electron chi connectivity index (χ0n) is 59.9. The Morgan fingerprint density at radius 2 is 0.581 bits per heavy atom. The van der Waals surface area contributed by atoms with Crippen molar-refractivity contribution in [3.8, 4) is 0 Å². The molecule has 93 heavy (non-hydrogen) atoms. The molecule has 0 aromatic carbocycles. The number of hydrogen-bond donors (Lipinski definition) is 3. The summed E-state index contributed by atoms with van der Waals surface area (Å²) in [4.78, 5) is 72.4. The van der Waals surface area contributed by atoms with Crippen molar-refractivity contribution in [3.63, 3.8) is 0 Å². The van der Waals surface area contributed by atoms with Crippen LogP contribution < -0.4 is 0 Å². The van der Waals surface area contributed by atoms with Gasteiger partial charge in [-0.15, -0.1) is 0 Å². The average Bonchev–Trinajstić information content (AvgIpc) is 3.73. The summed E-state index contributed by atoms with van der Waals surface area (Å²) in [5, 5.41) is 10.6. The predicted octanol–water partition coefficient (Wildman–Crippen LogP) is 21.2. The van der Waals surface area contributed by atoms with E-state index in [-0.39, 0.29) is 25.7 Å². The van der Waals surface area contributed by atoms with Gasteiger partial charge in [0.2, 0.25) is 0 Å². The van der Waals surface area contributed by atoms with Crippen molar-refractivity contribution >= 4 is 39.5 Å². The Bertz CT molecular complexity index is 1880. The third kappa shape index (κ3) is 67.9. The highest BCUT2D eigenvalue weighted by atomic mass is 31.2. The molecule has 0 aliphatic heterocycles. The van der Waals surface area contributed by atoms with E-state index in [2.05, 4.69) is 58.9 Å². The van der Waals surface area contributed by atoms with Gasteiger partial charge >= 0.3 is 39.5 Å². The zero-order chi connectivity index (χ0) is 68.4. The minimum Gasteiger partial charge on any atom is -0.462 e. The smallest absolute Gasteiger partial charge is 0.462 e. The quantitative estimate of drug-likeness (QED) is 0.0169. The van der Waals surface area contributed by atoms with E-state index in [9.17, 15) is 43.2 Å². The van der Waals surface area contributed by atoms with Crippen LogP contribution in [0.15, 0.2) is 24.3 Å². The van der Waals surface area contributed by atoms with E-state index in [0.717, 1.165) is 122 Å². The molecule has 0 aliphatic carbocycles. The first-order valence-electron chi connectivity index (χ1n) is 38.0. The molecule has 0 aliphatic rings. The van der Waals surface area contributed by atoms with Gasteiger partial charge in [0.05, 0.1) is 26.4 Å². The number of carbonyl (C=O) groups excluding carboxylic acids is 4. The number of rotatable bonds is 72. The number of phosphoric ester groups is 2. The zero-order valence-corrected chi connectivity index (χ0v) is 61.7. The largest absolute Gasteiger partial charge is 0.472 e. The molecule has 2 unspecified atom stereocenters. The second-order valence-corrected chi connectivity index (χ2v) is 29.4. The highest BCUT2D eigenvalue weighted by molar-refractivity contribution is 7.47. The van der Waals surface area contributed by atoms with E-state index in [1.165, 1.54) is 154 Å². The number of carbonyl (C=O) groups is 4. The van der Waals surface area contributed by atoms with Crippen LogP contribution in [0.5, 0.6) is 0 Å². The summed E-state index contributed by atoms with van der Waals surface area (Å²) in [5.41, 5.74) is 0. The number of phosphoric acid groups is 2. The highest BCUT2D eigenvalue weighted by Crippen LogP contribution is 2.45. The fourth-order valence-electron chi connectivity index (χ4n) is 10.8. The molecule has 17 nitrogen and oxygen atoms in total. The summed E-state index contributed by atoms with van der Waals surface area (Å²) >= 11 is 0. The van der Waals surface area contributed by atoms with Gasteiger partial charge in [-0.05, 0) is 57.3 Å². The third-order valence-corrected chi connectivity index (χ3v) is 18.6. The Balaban J connectivity index is 5.16. The molecule has 0 aromatic rings. The summed E-state index contributed by atoms with van der Waals surface area (Å²) in [6.45, 7) is 7.06. The van der Waals surface area contributed by atoms with Crippen molar-refractivity contribution in [1.29, 1.82) is 0 Å². The Labute approximate surface area is 567 Å². The number of hydrogen-bond acceptors (Lipinski definition) is 15. The van der Waals surface area contributed by atoms with Gasteiger partial charge < -0.3 is 33.8 Å². The van der Waals surface area contributed by atoms with Crippen molar-refractivity contribution < 1.29 is 80.2 Å². The van der Waals surface area contributed by atoms with Crippen LogP contribution in [0.2, 0.25) is 0 Å². The summed E-state index contributed by atoms with van der Waals surface area (Å²) in [6, 6.07) is 0. The topological polar surface area (TPSA) is 237 Å². The van der Waals surface area contributed by atoms with Crippen LogP contribution in [-0.2, 0) is 65.4 Å². The SMILES string of the molecule is CCCCCC/C=C\C=C/CCCCCCCC(=O)OC[C@H](COP(=O)(O)OC[C@@H](O)COP(=O)(O)OC[C@@H](COC(=O)CCCCCCCCC)OC(=O)CCCCCCCCC(C)C)OC(=O)CCCCCCCCCCCCCCCCCCCCCCCC. The van der Waals surface area contributed by atoms with Gasteiger partial charge in [0.25, 0.3) is 0 Å². The maximum absolute atomic E-state index is 13.1. The second-order valence-electron chi connectivity index (χ2n) is 26.5. The maximum Gasteiger partial charge on any atom is 0.472 e. The Morgan fingerprint density at radius 3 is 0.882 bits per heavy atom. The van der Waals surface area contributed by atoms with E-state index in [4.69, 9.17) is 37.0 Å². The number of ether oxygens (including phenoxy) is 4. The van der Waals surface area contributed by atoms with Gasteiger partial charge in [-0.25, -0.2) is 9.13 Å². The molecule has 548 valence electrons. The van der Waals surface area contributed by atoms with E-state index in [0.29, 0.717) is 31.6 Å². The van der Waals surface area contributed by atoms with Gasteiger partial charge in [-0.1, -0.05) is 309 Å². The fraction of sp³-hybridized carbons (Fsp3) is 0.892. The van der Waals surface area contributed by atoms with Gasteiger partial charge in [0.15, 0.2) is 12.2 Å². The molecule has 0 spiro atoms. The number of aliphatic hydroxyl groups is 1. The Kier molecular flexibility index (Phi) is 65.0. The van der Waals surface area contributed by atoms with Crippen LogP contribution in [0.4, 0.5) is 0 Å². The number of aliphatic hydroxyl groups excluding tert-OH is 1. The van der Waals surface area contributed by atoms with E-state index in [1.54, 1.807) is 0 Å². The predicted molar refractivity (Wildman–Crippen MR) is 377 cm³/mol. The number of allylic oxidation sites excluding steroid dienone is 4. The van der Waals surface area contributed by atoms with Crippen molar-refractivity contribution in [1.82, 2.24) is 0 Å². The molecule has 19 heteroatoms. The number of esters is 4. The minimum atomic E-state index is -4.96. The van der Waals surface area contributed by atoms with Crippen LogP contribution in [0.3, 0.4) is 0 Å². The monoisotopic (exact) mass is 1360 g/mol. The van der Waals surface area contributed by atoms with Crippen LogP contribution in [0, 0.1) is 5.92 Å². The first-order valence-corrected chi connectivity index (χ1v) is 40.9. The van der Waals surface area contributed by atoms with Crippen molar-refractivity contribution in [3.05, 3.63) is 24.3 Å². The standard InChI is InChI=1S/C74H140O17P2/c1-6-9-12-15-18-20-22-24-26-27-28-29-30-31-32-34-36-38-40-43-49-54-59-73(78)90-69(64-85-72(77)58-53-48-42-39-37-35-33-25-23-21-19-16-13-10-7-2)65-88-92(80,81)86-61-68(75)62-87-93(82,83)89-66-70(63-84-71(76)57-52-47-41-17-14-11-8-3)91-74(79)60-55-50-45-44-46-51-56-67(4)5/h21,23,25,33,67-70,75H,6-20,22,24,26-32,34-66H2,1-5H3,(H,80,81)(H,82,83)/b23-21-,33-25-/t68-,69-,70-/m1/s1. The molecular weight excluding hydrogens is 1220 g/mol. The Hall–Kier alpha value is -2.46. The molecule has 0 heterocycles. The lowest BCUT2D eigenvalue weighted by molar-refractivity contribution is -0.161. The molecule has 0 rings (SSSR count). The van der Waals surface area contributed by atoms with Gasteiger partial charge in [0, 0.05) is 25.7 Å². The maximum atomic E-state index is 13.1. The van der Waals surface area contributed by atoms with Crippen molar-refractivity contribution in [2.24, 2.45) is 5.92 Å². The molecule has 0 saturated carbocycles. The molecule has 5 atom stereocenters.